The highest BCUT2D eigenvalue weighted by Gasteiger charge is 2.15. The van der Waals surface area contributed by atoms with Crippen LogP contribution >= 0.6 is 0 Å². The highest BCUT2D eigenvalue weighted by molar-refractivity contribution is 5.78. The van der Waals surface area contributed by atoms with Crippen molar-refractivity contribution >= 4 is 16.9 Å². The Labute approximate surface area is 120 Å². The number of nitrogens with zero attached hydrogens (tertiary/aromatic N) is 5. The van der Waals surface area contributed by atoms with E-state index in [2.05, 4.69) is 9.97 Å². The van der Waals surface area contributed by atoms with Crippen molar-refractivity contribution < 1.29 is 0 Å². The van der Waals surface area contributed by atoms with Crippen LogP contribution in [0.4, 0.5) is 5.95 Å². The highest BCUT2D eigenvalue weighted by Crippen LogP contribution is 2.16. The molecule has 0 saturated heterocycles. The number of rotatable bonds is 2. The molecule has 0 aliphatic rings. The maximum atomic E-state index is 9.16. The van der Waals surface area contributed by atoms with Gasteiger partial charge in [-0.25, -0.2) is 4.98 Å². The van der Waals surface area contributed by atoms with Crippen LogP contribution in [0.5, 0.6) is 0 Å². The van der Waals surface area contributed by atoms with E-state index in [1.807, 2.05) is 48.5 Å². The van der Waals surface area contributed by atoms with Crippen molar-refractivity contribution in [2.75, 3.05) is 5.73 Å². The van der Waals surface area contributed by atoms with Gasteiger partial charge in [0.05, 0.1) is 17.8 Å². The van der Waals surface area contributed by atoms with Gasteiger partial charge in [-0.3, -0.25) is 9.55 Å². The molecule has 2 aromatic heterocycles. The monoisotopic (exact) mass is 274 g/mol. The third-order valence-corrected chi connectivity index (χ3v) is 3.19. The summed E-state index contributed by atoms with van der Waals surface area (Å²) in [5.41, 5.74) is 7.59. The Hall–Kier alpha value is -3.38. The van der Waals surface area contributed by atoms with Gasteiger partial charge in [0.15, 0.2) is 11.4 Å². The van der Waals surface area contributed by atoms with Gasteiger partial charge < -0.3 is 5.73 Å². The normalized spacial score (nSPS) is 10.2. The number of benzene rings is 1. The quantitative estimate of drug-likeness (QED) is 0.767. The summed E-state index contributed by atoms with van der Waals surface area (Å²) in [5.74, 6) is 0.137. The molecule has 6 nitrogen and oxygen atoms in total. The molecule has 21 heavy (non-hydrogen) atoms. The van der Waals surface area contributed by atoms with E-state index in [0.29, 0.717) is 6.54 Å². The van der Waals surface area contributed by atoms with E-state index < -0.39 is 0 Å². The standard InChI is InChI=1S/C15H10N6/c16-7-13-14(8-17)21(15(18)20-13)9-11-6-5-10-3-1-2-4-12(10)19-11/h1-6H,9H2,(H2,18,20). The lowest BCUT2D eigenvalue weighted by Gasteiger charge is -2.06. The second-order valence-corrected chi connectivity index (χ2v) is 4.47. The van der Waals surface area contributed by atoms with Crippen LogP contribution in [0.2, 0.25) is 0 Å². The van der Waals surface area contributed by atoms with Crippen LogP contribution in [0.15, 0.2) is 36.4 Å². The molecule has 0 saturated carbocycles. The van der Waals surface area contributed by atoms with Crippen LogP contribution in [0.25, 0.3) is 10.9 Å². The van der Waals surface area contributed by atoms with Gasteiger partial charge in [-0.2, -0.15) is 10.5 Å². The van der Waals surface area contributed by atoms with Gasteiger partial charge in [0.25, 0.3) is 0 Å². The first-order chi connectivity index (χ1) is 10.2. The van der Waals surface area contributed by atoms with E-state index in [0.717, 1.165) is 16.6 Å². The third-order valence-electron chi connectivity index (χ3n) is 3.19. The van der Waals surface area contributed by atoms with Crippen molar-refractivity contribution in [2.24, 2.45) is 0 Å². The first kappa shape index (κ1) is 12.6. The Bertz CT molecular complexity index is 910. The molecule has 0 radical (unpaired) electrons. The van der Waals surface area contributed by atoms with Crippen molar-refractivity contribution in [3.8, 4) is 12.1 Å². The topological polar surface area (TPSA) is 104 Å². The minimum Gasteiger partial charge on any atom is -0.369 e. The number of para-hydroxylation sites is 1. The fourth-order valence-corrected chi connectivity index (χ4v) is 2.18. The van der Waals surface area contributed by atoms with Crippen LogP contribution in [0.1, 0.15) is 17.1 Å². The van der Waals surface area contributed by atoms with Crippen LogP contribution in [-0.4, -0.2) is 14.5 Å². The largest absolute Gasteiger partial charge is 0.369 e. The van der Waals surface area contributed by atoms with E-state index in [4.69, 9.17) is 16.3 Å². The van der Waals surface area contributed by atoms with Crippen molar-refractivity contribution in [3.05, 3.63) is 53.5 Å². The predicted molar refractivity (Wildman–Crippen MR) is 76.9 cm³/mol. The Kier molecular flexibility index (Phi) is 2.98. The molecule has 0 aliphatic heterocycles. The maximum absolute atomic E-state index is 9.16. The van der Waals surface area contributed by atoms with E-state index in [1.54, 1.807) is 0 Å². The lowest BCUT2D eigenvalue weighted by atomic mass is 10.2. The third kappa shape index (κ3) is 2.15. The molecule has 2 N–H and O–H groups in total. The Morgan fingerprint density at radius 2 is 1.86 bits per heavy atom. The Balaban J connectivity index is 2.05. The number of hydrogen-bond acceptors (Lipinski definition) is 5. The average molecular weight is 274 g/mol. The zero-order valence-corrected chi connectivity index (χ0v) is 11.0. The van der Waals surface area contributed by atoms with Gasteiger partial charge in [0.1, 0.15) is 12.1 Å². The van der Waals surface area contributed by atoms with Gasteiger partial charge in [-0.15, -0.1) is 0 Å². The van der Waals surface area contributed by atoms with Crippen molar-refractivity contribution in [1.29, 1.82) is 10.5 Å². The number of nitrogen functional groups attached to an aromatic ring is 1. The van der Waals surface area contributed by atoms with Crippen molar-refractivity contribution in [1.82, 2.24) is 14.5 Å². The SMILES string of the molecule is N#Cc1nc(N)n(Cc2ccc3ccccc3n2)c1C#N. The van der Waals surface area contributed by atoms with Crippen molar-refractivity contribution in [3.63, 3.8) is 0 Å². The lowest BCUT2D eigenvalue weighted by molar-refractivity contribution is 0.778. The summed E-state index contributed by atoms with van der Waals surface area (Å²) in [6.45, 7) is 0.300. The number of imidazole rings is 1. The molecule has 1 aromatic carbocycles. The zero-order chi connectivity index (χ0) is 14.8. The molecule has 6 heteroatoms. The van der Waals surface area contributed by atoms with E-state index in [-0.39, 0.29) is 17.3 Å². The average Bonchev–Trinajstić information content (AvgIpc) is 2.82. The van der Waals surface area contributed by atoms with E-state index in [9.17, 15) is 0 Å². The van der Waals surface area contributed by atoms with Crippen LogP contribution in [0.3, 0.4) is 0 Å². The maximum Gasteiger partial charge on any atom is 0.202 e. The number of pyridine rings is 1. The van der Waals surface area contributed by atoms with Crippen LogP contribution < -0.4 is 5.73 Å². The predicted octanol–water partition coefficient (Wildman–Crippen LogP) is 1.81. The number of anilines is 1. The van der Waals surface area contributed by atoms with Crippen LogP contribution in [-0.2, 0) is 6.54 Å². The summed E-state index contributed by atoms with van der Waals surface area (Å²) in [5, 5.41) is 19.1. The molecule has 0 amide bonds. The van der Waals surface area contributed by atoms with Crippen LogP contribution in [0, 0.1) is 22.7 Å². The smallest absolute Gasteiger partial charge is 0.202 e. The highest BCUT2D eigenvalue weighted by atomic mass is 15.2. The molecule has 0 atom stereocenters. The molecule has 0 aliphatic carbocycles. The second kappa shape index (κ2) is 4.95. The molecule has 3 aromatic rings. The summed E-state index contributed by atoms with van der Waals surface area (Å²) in [4.78, 5) is 8.41. The molecule has 3 rings (SSSR count). The summed E-state index contributed by atoms with van der Waals surface area (Å²) in [6, 6.07) is 15.4. The molecule has 100 valence electrons. The molecule has 0 spiro atoms. The first-order valence-electron chi connectivity index (χ1n) is 6.24. The molecule has 0 bridgehead atoms. The van der Waals surface area contributed by atoms with E-state index >= 15 is 0 Å². The van der Waals surface area contributed by atoms with E-state index in [1.165, 1.54) is 4.57 Å². The summed E-state index contributed by atoms with van der Waals surface area (Å²) in [6.07, 6.45) is 0. The number of nitrogens with two attached hydrogens (primary N) is 1. The fraction of sp³-hybridized carbons (Fsp3) is 0.0667. The number of nitriles is 2. The Morgan fingerprint density at radius 3 is 2.62 bits per heavy atom. The van der Waals surface area contributed by atoms with Gasteiger partial charge in [0, 0.05) is 5.39 Å². The number of hydrogen-bond donors (Lipinski definition) is 1. The van der Waals surface area contributed by atoms with Gasteiger partial charge in [-0.05, 0) is 12.1 Å². The number of fused-ring (bicyclic) bond motifs is 1. The second-order valence-electron chi connectivity index (χ2n) is 4.47. The molecule has 2 heterocycles. The number of aromatic nitrogens is 3. The minimum atomic E-state index is 0.0378. The summed E-state index contributed by atoms with van der Waals surface area (Å²) < 4.78 is 1.50. The van der Waals surface area contributed by atoms with Gasteiger partial charge >= 0.3 is 0 Å². The Morgan fingerprint density at radius 1 is 1.05 bits per heavy atom. The molecular formula is C15H10N6. The summed E-state index contributed by atoms with van der Waals surface area (Å²) in [7, 11) is 0. The lowest BCUT2D eigenvalue weighted by Crippen LogP contribution is -2.08. The van der Waals surface area contributed by atoms with Crippen molar-refractivity contribution in [2.45, 2.75) is 6.54 Å². The fourth-order valence-electron chi connectivity index (χ4n) is 2.18. The molecule has 0 fully saturated rings. The minimum absolute atomic E-state index is 0.0378. The van der Waals surface area contributed by atoms with Gasteiger partial charge in [0.2, 0.25) is 5.95 Å². The molecular weight excluding hydrogens is 264 g/mol. The van der Waals surface area contributed by atoms with Gasteiger partial charge in [-0.1, -0.05) is 24.3 Å². The first-order valence-corrected chi connectivity index (χ1v) is 6.24. The summed E-state index contributed by atoms with van der Waals surface area (Å²) >= 11 is 0. The molecule has 0 unspecified atom stereocenters. The zero-order valence-electron chi connectivity index (χ0n) is 11.0.